The van der Waals surface area contributed by atoms with Crippen LogP contribution < -0.4 is 5.32 Å². The minimum atomic E-state index is -2.82. The van der Waals surface area contributed by atoms with Crippen LogP contribution >= 0.6 is 0 Å². The number of fused-ring (bicyclic) bond motifs is 7. The van der Waals surface area contributed by atoms with Gasteiger partial charge in [0, 0.05) is 11.1 Å². The van der Waals surface area contributed by atoms with Crippen molar-refractivity contribution in [3.8, 4) is 0 Å². The predicted octanol–water partition coefficient (Wildman–Crippen LogP) is 9.47. The molecule has 0 aromatic carbocycles. The summed E-state index contributed by atoms with van der Waals surface area (Å²) in [6, 6.07) is 0. The van der Waals surface area contributed by atoms with Gasteiger partial charge in [0.05, 0.1) is 11.5 Å². The summed E-state index contributed by atoms with van der Waals surface area (Å²) in [5, 5.41) is 13.8. The van der Waals surface area contributed by atoms with Gasteiger partial charge in [0.15, 0.2) is 0 Å². The molecule has 0 aromatic heterocycles. The quantitative estimate of drug-likeness (QED) is 0.260. The Kier molecular flexibility index (Phi) is 8.90. The van der Waals surface area contributed by atoms with E-state index >= 15 is 0 Å². The highest BCUT2D eigenvalue weighted by atomic mass is 32.2. The summed E-state index contributed by atoms with van der Waals surface area (Å²) < 4.78 is 24.1. The van der Waals surface area contributed by atoms with Crippen LogP contribution in [0.2, 0.25) is 0 Å². The molecular weight excluding hydrogens is 627 g/mol. The molecule has 6 heteroatoms. The van der Waals surface area contributed by atoms with E-state index in [9.17, 15) is 18.3 Å². The van der Waals surface area contributed by atoms with E-state index in [2.05, 4.69) is 65.6 Å². The molecule has 4 saturated carbocycles. The second-order valence-corrected chi connectivity index (χ2v) is 21.7. The molecule has 0 radical (unpaired) electrons. The van der Waals surface area contributed by atoms with E-state index in [1.54, 1.807) is 0 Å². The second kappa shape index (κ2) is 12.2. The molecule has 1 saturated heterocycles. The Morgan fingerprint density at radius 3 is 2.27 bits per heavy atom. The van der Waals surface area contributed by atoms with Crippen LogP contribution in [0.1, 0.15) is 131 Å². The van der Waals surface area contributed by atoms with E-state index in [1.807, 2.05) is 6.08 Å². The van der Waals surface area contributed by atoms with Gasteiger partial charge in [-0.1, -0.05) is 65.0 Å². The molecular formula is C43H65NO4S. The first-order valence-corrected chi connectivity index (χ1v) is 21.7. The van der Waals surface area contributed by atoms with E-state index in [4.69, 9.17) is 0 Å². The highest BCUT2D eigenvalue weighted by Crippen LogP contribution is 2.76. The number of aliphatic carboxylic acids is 1. The van der Waals surface area contributed by atoms with Crippen molar-refractivity contribution >= 4 is 15.8 Å². The van der Waals surface area contributed by atoms with Gasteiger partial charge in [-0.25, -0.2) is 13.2 Å². The molecule has 6 aliphatic carbocycles. The Labute approximate surface area is 297 Å². The minimum absolute atomic E-state index is 0.0666. The number of sulfone groups is 1. The van der Waals surface area contributed by atoms with E-state index < -0.39 is 15.8 Å². The van der Waals surface area contributed by atoms with Crippen LogP contribution in [0.15, 0.2) is 47.1 Å². The fourth-order valence-electron chi connectivity index (χ4n) is 14.4. The van der Waals surface area contributed by atoms with Gasteiger partial charge in [-0.2, -0.15) is 0 Å². The molecule has 0 amide bonds. The maximum absolute atomic E-state index is 12.0. The maximum atomic E-state index is 12.0. The number of hydrogen-bond donors (Lipinski definition) is 2. The molecule has 3 unspecified atom stereocenters. The summed E-state index contributed by atoms with van der Waals surface area (Å²) in [7, 11) is -2.82. The van der Waals surface area contributed by atoms with Crippen molar-refractivity contribution in [1.29, 1.82) is 0 Å². The Morgan fingerprint density at radius 1 is 0.878 bits per heavy atom. The predicted molar refractivity (Wildman–Crippen MR) is 200 cm³/mol. The lowest BCUT2D eigenvalue weighted by Crippen LogP contribution is -2.68. The van der Waals surface area contributed by atoms with Crippen molar-refractivity contribution in [1.82, 2.24) is 5.32 Å². The molecule has 2 N–H and O–H groups in total. The summed E-state index contributed by atoms with van der Waals surface area (Å²) in [6.07, 6.45) is 22.2. The van der Waals surface area contributed by atoms with E-state index in [0.717, 1.165) is 38.6 Å². The lowest BCUT2D eigenvalue weighted by atomic mass is 9.33. The molecule has 1 aliphatic heterocycles. The molecule has 49 heavy (non-hydrogen) atoms. The first kappa shape index (κ1) is 35.7. The number of carbonyl (C=O) groups is 1. The van der Waals surface area contributed by atoms with Gasteiger partial charge in [0.2, 0.25) is 0 Å². The number of carboxylic acids is 1. The van der Waals surface area contributed by atoms with Crippen molar-refractivity contribution in [2.24, 2.45) is 57.2 Å². The molecule has 5 nitrogen and oxygen atoms in total. The Bertz CT molecular complexity index is 1570. The van der Waals surface area contributed by atoms with Crippen LogP contribution in [0, 0.1) is 57.2 Å². The van der Waals surface area contributed by atoms with E-state index in [1.165, 1.54) is 68.1 Å². The zero-order valence-corrected chi connectivity index (χ0v) is 32.3. The highest BCUT2D eigenvalue weighted by molar-refractivity contribution is 7.91. The molecule has 0 aromatic rings. The van der Waals surface area contributed by atoms with E-state index in [-0.39, 0.29) is 16.4 Å². The van der Waals surface area contributed by atoms with Crippen molar-refractivity contribution in [2.75, 3.05) is 18.1 Å². The third-order valence-electron chi connectivity index (χ3n) is 17.1. The lowest BCUT2D eigenvalue weighted by molar-refractivity contribution is -0.221. The standard InChI is InChI=1S/C43H65NO4S/c1-28(2)32-14-22-43(44-25-17-29-18-26-49(47,48)27-19-29)24-23-41(6)34(37(32)43)12-13-36-40(5)20-15-33(30-8-10-31(11-9-30)38(45)46)39(3,4)35(40)16-21-42(36,41)7/h8,11,15,29,32,34-37,44H,1,9-10,12-14,16-27H2,2-7H3,(H,45,46)/t32-,34+,35?,36?,37?,40-,41+,42+,43-/m0/s1. The molecule has 5 fully saturated rings. The van der Waals surface area contributed by atoms with Gasteiger partial charge in [-0.05, 0) is 172 Å². The molecule has 0 bridgehead atoms. The van der Waals surface area contributed by atoms with Crippen LogP contribution in [-0.2, 0) is 14.6 Å². The lowest BCUT2D eigenvalue weighted by Gasteiger charge is -2.72. The number of hydrogen-bond acceptors (Lipinski definition) is 4. The van der Waals surface area contributed by atoms with Crippen LogP contribution in [0.25, 0.3) is 0 Å². The summed E-state index contributed by atoms with van der Waals surface area (Å²) in [4.78, 5) is 11.6. The maximum Gasteiger partial charge on any atom is 0.331 e. The van der Waals surface area contributed by atoms with Crippen LogP contribution in [-0.4, -0.2) is 43.1 Å². The van der Waals surface area contributed by atoms with Crippen LogP contribution in [0.5, 0.6) is 0 Å². The van der Waals surface area contributed by atoms with Gasteiger partial charge < -0.3 is 10.4 Å². The molecule has 272 valence electrons. The largest absolute Gasteiger partial charge is 0.478 e. The first-order chi connectivity index (χ1) is 23.0. The molecule has 9 atom stereocenters. The Hall–Kier alpha value is -1.66. The Balaban J connectivity index is 1.13. The van der Waals surface area contributed by atoms with Crippen molar-refractivity contribution in [2.45, 2.75) is 137 Å². The van der Waals surface area contributed by atoms with E-state index in [0.29, 0.717) is 69.8 Å². The SMILES string of the molecule is C=C(C)[C@@H]1CC[C@]2(NCCC3CCS(=O)(=O)CC3)CC[C@]3(C)[C@H](CCC4[C@@]5(C)CC=C(C6=CCC(C(=O)O)=CC6)C(C)(C)C5CC[C@]43C)C12. The van der Waals surface area contributed by atoms with Crippen molar-refractivity contribution < 1.29 is 18.3 Å². The van der Waals surface area contributed by atoms with Gasteiger partial charge in [-0.3, -0.25) is 0 Å². The van der Waals surface area contributed by atoms with Gasteiger partial charge in [0.25, 0.3) is 0 Å². The zero-order valence-electron chi connectivity index (χ0n) is 31.5. The van der Waals surface area contributed by atoms with Crippen molar-refractivity contribution in [3.05, 3.63) is 47.1 Å². The average molecular weight is 692 g/mol. The number of carboxylic acid groups (broad SMARTS) is 1. The first-order valence-electron chi connectivity index (χ1n) is 19.9. The molecule has 0 spiro atoms. The monoisotopic (exact) mass is 691 g/mol. The minimum Gasteiger partial charge on any atom is -0.478 e. The number of nitrogens with one attached hydrogen (secondary N) is 1. The summed E-state index contributed by atoms with van der Waals surface area (Å²) in [6.45, 7) is 21.0. The normalized spacial score (nSPS) is 44.3. The molecule has 7 aliphatic rings. The molecule has 1 heterocycles. The third kappa shape index (κ3) is 5.53. The topological polar surface area (TPSA) is 83.5 Å². The average Bonchev–Trinajstić information content (AvgIpc) is 3.42. The zero-order chi connectivity index (χ0) is 35.2. The summed E-state index contributed by atoms with van der Waals surface area (Å²) in [5.41, 5.74) is 5.87. The molecule has 7 rings (SSSR count). The summed E-state index contributed by atoms with van der Waals surface area (Å²) >= 11 is 0. The Morgan fingerprint density at radius 2 is 1.61 bits per heavy atom. The van der Waals surface area contributed by atoms with Crippen LogP contribution in [0.4, 0.5) is 0 Å². The fraction of sp³-hybridized carbons (Fsp3) is 0.791. The third-order valence-corrected chi connectivity index (χ3v) is 18.8. The second-order valence-electron chi connectivity index (χ2n) is 19.4. The van der Waals surface area contributed by atoms with Gasteiger partial charge in [0.1, 0.15) is 9.84 Å². The van der Waals surface area contributed by atoms with Crippen molar-refractivity contribution in [3.63, 3.8) is 0 Å². The smallest absolute Gasteiger partial charge is 0.331 e. The fourth-order valence-corrected chi connectivity index (χ4v) is 16.0. The summed E-state index contributed by atoms with van der Waals surface area (Å²) in [5.74, 6) is 3.74. The highest BCUT2D eigenvalue weighted by Gasteiger charge is 2.70. The number of rotatable bonds is 7. The number of allylic oxidation sites excluding steroid dienone is 6. The van der Waals surface area contributed by atoms with Gasteiger partial charge >= 0.3 is 5.97 Å². The van der Waals surface area contributed by atoms with Crippen LogP contribution in [0.3, 0.4) is 0 Å². The van der Waals surface area contributed by atoms with Gasteiger partial charge in [-0.15, -0.1) is 0 Å².